The maximum atomic E-state index is 11.8. The van der Waals surface area contributed by atoms with E-state index in [0.717, 1.165) is 6.20 Å². The van der Waals surface area contributed by atoms with Crippen molar-refractivity contribution in [1.82, 2.24) is 25.0 Å². The van der Waals surface area contributed by atoms with Crippen LogP contribution in [0.4, 0.5) is 0 Å². The van der Waals surface area contributed by atoms with E-state index >= 15 is 0 Å². The van der Waals surface area contributed by atoms with Crippen molar-refractivity contribution in [2.24, 2.45) is 0 Å². The zero-order valence-corrected chi connectivity index (χ0v) is 16.7. The maximum absolute atomic E-state index is 11.8. The lowest BCUT2D eigenvalue weighted by Gasteiger charge is -2.15. The van der Waals surface area contributed by atoms with Crippen LogP contribution in [0, 0.1) is 0 Å². The minimum Gasteiger partial charge on any atom is -0.434 e. The van der Waals surface area contributed by atoms with Gasteiger partial charge < -0.3 is 9.84 Å². The lowest BCUT2D eigenvalue weighted by Crippen LogP contribution is -2.34. The first-order valence-corrected chi connectivity index (χ1v) is 9.05. The molecule has 0 spiro atoms. The molecule has 0 saturated carbocycles. The van der Waals surface area contributed by atoms with E-state index in [9.17, 15) is 19.5 Å². The van der Waals surface area contributed by atoms with Gasteiger partial charge in [-0.1, -0.05) is 37.0 Å². The Kier molecular flexibility index (Phi) is 5.87. The van der Waals surface area contributed by atoms with Gasteiger partial charge in [-0.15, -0.1) is 5.10 Å². The molecule has 1 aromatic carbocycles. The van der Waals surface area contributed by atoms with Crippen LogP contribution in [-0.2, 0) is 0 Å². The Labute approximate surface area is 172 Å². The molecule has 0 amide bonds. The van der Waals surface area contributed by atoms with Crippen LogP contribution in [0.1, 0.15) is 37.1 Å². The molecule has 0 fully saturated rings. The van der Waals surface area contributed by atoms with E-state index in [-0.39, 0.29) is 38.7 Å². The number of aromatic nitrogens is 5. The SMILES string of the molecule is CC(C)c1cc(Oc2c(Cl)cc(C(O)n3ncc(=O)[nH]c3=O)cc2Cl)n[nH]c1=O. The van der Waals surface area contributed by atoms with E-state index in [1.165, 1.54) is 18.2 Å². The van der Waals surface area contributed by atoms with E-state index < -0.39 is 17.5 Å². The summed E-state index contributed by atoms with van der Waals surface area (Å²) in [4.78, 5) is 36.7. The molecule has 0 radical (unpaired) electrons. The molecule has 3 rings (SSSR count). The van der Waals surface area contributed by atoms with Crippen LogP contribution in [0.5, 0.6) is 11.6 Å². The fraction of sp³-hybridized carbons (Fsp3) is 0.235. The molecule has 10 nitrogen and oxygen atoms in total. The number of H-pyrrole nitrogens is 2. The highest BCUT2D eigenvalue weighted by atomic mass is 35.5. The molecule has 0 aliphatic heterocycles. The van der Waals surface area contributed by atoms with Crippen molar-refractivity contribution in [3.05, 3.63) is 76.8 Å². The van der Waals surface area contributed by atoms with Crippen molar-refractivity contribution in [2.75, 3.05) is 0 Å². The van der Waals surface area contributed by atoms with Crippen LogP contribution in [0.2, 0.25) is 10.0 Å². The van der Waals surface area contributed by atoms with E-state index in [0.29, 0.717) is 10.2 Å². The average Bonchev–Trinajstić information content (AvgIpc) is 2.65. The zero-order chi connectivity index (χ0) is 21.3. The van der Waals surface area contributed by atoms with Crippen molar-refractivity contribution in [3.8, 4) is 11.6 Å². The predicted octanol–water partition coefficient (Wildman–Crippen LogP) is 1.78. The predicted molar refractivity (Wildman–Crippen MR) is 105 cm³/mol. The van der Waals surface area contributed by atoms with Crippen molar-refractivity contribution in [3.63, 3.8) is 0 Å². The van der Waals surface area contributed by atoms with Crippen molar-refractivity contribution in [2.45, 2.75) is 26.0 Å². The second-order valence-corrected chi connectivity index (χ2v) is 7.13. The van der Waals surface area contributed by atoms with Crippen LogP contribution < -0.4 is 21.5 Å². The molecule has 3 aromatic rings. The summed E-state index contributed by atoms with van der Waals surface area (Å²) in [7, 11) is 0. The summed E-state index contributed by atoms with van der Waals surface area (Å²) >= 11 is 12.5. The second-order valence-electron chi connectivity index (χ2n) is 6.32. The molecule has 2 aromatic heterocycles. The third kappa shape index (κ3) is 4.39. The topological polar surface area (TPSA) is 143 Å². The molecule has 2 heterocycles. The molecule has 3 N–H and O–H groups in total. The van der Waals surface area contributed by atoms with Gasteiger partial charge in [-0.2, -0.15) is 9.78 Å². The summed E-state index contributed by atoms with van der Waals surface area (Å²) in [6, 6.07) is 4.12. The van der Waals surface area contributed by atoms with Gasteiger partial charge in [-0.05, 0) is 18.1 Å². The molecule has 1 atom stereocenters. The number of nitrogens with one attached hydrogen (secondary N) is 2. The number of nitrogens with zero attached hydrogens (tertiary/aromatic N) is 3. The smallest absolute Gasteiger partial charge is 0.347 e. The Morgan fingerprint density at radius 2 is 1.79 bits per heavy atom. The molecular weight excluding hydrogens is 425 g/mol. The minimum absolute atomic E-state index is 0.0168. The van der Waals surface area contributed by atoms with Gasteiger partial charge in [0.15, 0.2) is 12.0 Å². The van der Waals surface area contributed by atoms with Crippen molar-refractivity contribution in [1.29, 1.82) is 0 Å². The van der Waals surface area contributed by atoms with Crippen LogP contribution in [0.15, 0.2) is 38.8 Å². The van der Waals surface area contributed by atoms with Gasteiger partial charge >= 0.3 is 5.69 Å². The highest BCUT2D eigenvalue weighted by Gasteiger charge is 2.19. The molecule has 29 heavy (non-hydrogen) atoms. The normalized spacial score (nSPS) is 12.2. The number of hydrogen-bond donors (Lipinski definition) is 3. The third-order valence-electron chi connectivity index (χ3n) is 3.93. The molecule has 0 aliphatic carbocycles. The minimum atomic E-state index is -1.55. The third-order valence-corrected chi connectivity index (χ3v) is 4.49. The molecular formula is C17H15Cl2N5O5. The molecule has 0 bridgehead atoms. The monoisotopic (exact) mass is 439 g/mol. The Hall–Kier alpha value is -2.95. The Balaban J connectivity index is 1.96. The number of benzene rings is 1. The van der Waals surface area contributed by atoms with Gasteiger partial charge in [0.2, 0.25) is 5.88 Å². The standard InChI is InChI=1S/C17H15Cl2N5O5/c1-7(2)9-5-13(22-23-15(9)26)29-14-10(18)3-8(4-11(14)19)16(27)24-17(28)21-12(25)6-20-24/h3-7,16,27H,1-2H3,(H,23,26)(H,21,25,28). The number of aliphatic hydroxyl groups is 1. The number of hydrogen-bond acceptors (Lipinski definition) is 7. The summed E-state index contributed by atoms with van der Waals surface area (Å²) in [5, 5.41) is 20.2. The highest BCUT2D eigenvalue weighted by Crippen LogP contribution is 2.38. The summed E-state index contributed by atoms with van der Waals surface area (Å²) in [6.07, 6.45) is -0.707. The molecule has 1 unspecified atom stereocenters. The number of aromatic amines is 2. The summed E-state index contributed by atoms with van der Waals surface area (Å²) in [5.74, 6) is 0.0555. The molecule has 0 aliphatic rings. The Morgan fingerprint density at radius 1 is 1.14 bits per heavy atom. The average molecular weight is 440 g/mol. The van der Waals surface area contributed by atoms with E-state index in [2.05, 4.69) is 15.3 Å². The quantitative estimate of drug-likeness (QED) is 0.549. The zero-order valence-electron chi connectivity index (χ0n) is 15.1. The van der Waals surface area contributed by atoms with E-state index in [1.54, 1.807) is 0 Å². The van der Waals surface area contributed by atoms with Crippen molar-refractivity contribution >= 4 is 23.2 Å². The number of rotatable bonds is 5. The van der Waals surface area contributed by atoms with E-state index in [1.807, 2.05) is 18.8 Å². The highest BCUT2D eigenvalue weighted by molar-refractivity contribution is 6.37. The number of aliphatic hydroxyl groups excluding tert-OH is 1. The number of ether oxygens (including phenoxy) is 1. The lowest BCUT2D eigenvalue weighted by molar-refractivity contribution is 0.123. The second kappa shape index (κ2) is 8.19. The van der Waals surface area contributed by atoms with Crippen LogP contribution >= 0.6 is 23.2 Å². The summed E-state index contributed by atoms with van der Waals surface area (Å²) in [5.41, 5.74) is -1.34. The largest absolute Gasteiger partial charge is 0.434 e. The van der Waals surface area contributed by atoms with Gasteiger partial charge in [-0.25, -0.2) is 9.89 Å². The first-order chi connectivity index (χ1) is 13.7. The Morgan fingerprint density at radius 3 is 2.38 bits per heavy atom. The first-order valence-electron chi connectivity index (χ1n) is 8.30. The van der Waals surface area contributed by atoms with Crippen LogP contribution in [0.3, 0.4) is 0 Å². The fourth-order valence-electron chi connectivity index (χ4n) is 2.49. The summed E-state index contributed by atoms with van der Waals surface area (Å²) in [6.45, 7) is 3.69. The van der Waals surface area contributed by atoms with Gasteiger partial charge in [0, 0.05) is 17.2 Å². The van der Waals surface area contributed by atoms with Gasteiger partial charge in [0.05, 0.1) is 10.0 Å². The van der Waals surface area contributed by atoms with Crippen molar-refractivity contribution < 1.29 is 9.84 Å². The van der Waals surface area contributed by atoms with Gasteiger partial charge in [-0.3, -0.25) is 14.6 Å². The van der Waals surface area contributed by atoms with Crippen LogP contribution in [-0.4, -0.2) is 30.1 Å². The maximum Gasteiger partial charge on any atom is 0.347 e. The van der Waals surface area contributed by atoms with Gasteiger partial charge in [0.25, 0.3) is 11.1 Å². The molecule has 12 heteroatoms. The fourth-order valence-corrected chi connectivity index (χ4v) is 3.07. The van der Waals surface area contributed by atoms with Gasteiger partial charge in [0.1, 0.15) is 6.20 Å². The van der Waals surface area contributed by atoms with E-state index in [4.69, 9.17) is 27.9 Å². The Bertz CT molecular complexity index is 1210. The molecule has 0 saturated heterocycles. The van der Waals surface area contributed by atoms with Crippen LogP contribution in [0.25, 0.3) is 0 Å². The lowest BCUT2D eigenvalue weighted by atomic mass is 10.1. The summed E-state index contributed by atoms with van der Waals surface area (Å²) < 4.78 is 6.26. The number of halogens is 2. The molecule has 152 valence electrons. The first kappa shape index (κ1) is 20.8.